The summed E-state index contributed by atoms with van der Waals surface area (Å²) in [6.07, 6.45) is 0. The first-order valence-corrected chi connectivity index (χ1v) is 11.4. The zero-order chi connectivity index (χ0) is 25.5. The van der Waals surface area contributed by atoms with Crippen LogP contribution in [0.25, 0.3) is 0 Å². The summed E-state index contributed by atoms with van der Waals surface area (Å²) >= 11 is 0.752. The molecule has 0 aliphatic carbocycles. The monoisotopic (exact) mass is 497 g/mol. The first-order valence-electron chi connectivity index (χ1n) is 10.6. The molecule has 1 aromatic heterocycles. The zero-order valence-electron chi connectivity index (χ0n) is 19.6. The summed E-state index contributed by atoms with van der Waals surface area (Å²) in [7, 11) is 3.06. The van der Waals surface area contributed by atoms with E-state index in [4.69, 9.17) is 20.9 Å². The van der Waals surface area contributed by atoms with Crippen LogP contribution in [0.5, 0.6) is 5.75 Å². The minimum absolute atomic E-state index is 0.00239. The molecule has 11 heteroatoms. The highest BCUT2D eigenvalue weighted by molar-refractivity contribution is 7.09. The third-order valence-electron chi connectivity index (χ3n) is 5.23. The number of nitrogens with one attached hydrogen (secondary N) is 1. The lowest BCUT2D eigenvalue weighted by atomic mass is 10.0. The SMILES string of the molecule is COCCNC(=O)C(c1ccc(OC)cc1)N(C(=O)c1snc(C(N)=O)c1N)c1ccc(C)cc1. The summed E-state index contributed by atoms with van der Waals surface area (Å²) < 4.78 is 14.2. The number of aryl methyl sites for hydroxylation is 1. The van der Waals surface area contributed by atoms with Gasteiger partial charge in [-0.05, 0) is 48.3 Å². The van der Waals surface area contributed by atoms with Crippen molar-refractivity contribution in [3.05, 3.63) is 70.2 Å². The summed E-state index contributed by atoms with van der Waals surface area (Å²) in [5.74, 6) is -1.28. The molecule has 3 amide bonds. The molecule has 3 aromatic rings. The Morgan fingerprint density at radius 2 is 1.74 bits per heavy atom. The lowest BCUT2D eigenvalue weighted by Gasteiger charge is -2.31. The maximum Gasteiger partial charge on any atom is 0.273 e. The Labute approximate surface area is 207 Å². The van der Waals surface area contributed by atoms with Gasteiger partial charge in [-0.1, -0.05) is 29.8 Å². The number of anilines is 2. The van der Waals surface area contributed by atoms with Crippen molar-refractivity contribution in [3.63, 3.8) is 0 Å². The predicted molar refractivity (Wildman–Crippen MR) is 134 cm³/mol. The van der Waals surface area contributed by atoms with Crippen LogP contribution in [0.1, 0.15) is 37.3 Å². The van der Waals surface area contributed by atoms with Crippen LogP contribution < -0.4 is 26.4 Å². The first kappa shape index (κ1) is 25.7. The average Bonchev–Trinajstić information content (AvgIpc) is 3.24. The van der Waals surface area contributed by atoms with Gasteiger partial charge in [0.2, 0.25) is 5.91 Å². The van der Waals surface area contributed by atoms with Gasteiger partial charge in [0.15, 0.2) is 5.69 Å². The van der Waals surface area contributed by atoms with Gasteiger partial charge in [-0.25, -0.2) is 0 Å². The second-order valence-electron chi connectivity index (χ2n) is 7.61. The fraction of sp³-hybridized carbons (Fsp3) is 0.250. The van der Waals surface area contributed by atoms with Crippen LogP contribution in [0.15, 0.2) is 48.5 Å². The van der Waals surface area contributed by atoms with E-state index in [9.17, 15) is 14.4 Å². The van der Waals surface area contributed by atoms with E-state index in [0.717, 1.165) is 17.1 Å². The average molecular weight is 498 g/mol. The number of benzene rings is 2. The van der Waals surface area contributed by atoms with Crippen molar-refractivity contribution in [2.24, 2.45) is 5.73 Å². The number of carbonyl (C=O) groups excluding carboxylic acids is 3. The second kappa shape index (κ2) is 11.4. The van der Waals surface area contributed by atoms with E-state index in [-0.39, 0.29) is 22.8 Å². The molecule has 1 heterocycles. The standard InChI is InChI=1S/C24H27N5O5S/c1-14-4-8-16(9-5-14)29(24(32)21-18(25)19(22(26)30)28-35-21)20(23(31)27-12-13-33-2)15-6-10-17(34-3)11-7-15/h4-11,20H,12-13,25H2,1-3H3,(H2,26,30)(H,27,31). The smallest absolute Gasteiger partial charge is 0.273 e. The number of aromatic nitrogens is 1. The number of rotatable bonds is 10. The number of ether oxygens (including phenoxy) is 2. The number of hydrogen-bond acceptors (Lipinski definition) is 8. The highest BCUT2D eigenvalue weighted by atomic mass is 32.1. The number of nitrogen functional groups attached to an aromatic ring is 1. The van der Waals surface area contributed by atoms with E-state index in [0.29, 0.717) is 23.6 Å². The minimum atomic E-state index is -1.08. The summed E-state index contributed by atoms with van der Waals surface area (Å²) in [6, 6.07) is 12.9. The van der Waals surface area contributed by atoms with Crippen LogP contribution in [0, 0.1) is 6.92 Å². The molecule has 0 fully saturated rings. The van der Waals surface area contributed by atoms with Crippen molar-refractivity contribution in [1.29, 1.82) is 0 Å². The van der Waals surface area contributed by atoms with E-state index in [1.807, 2.05) is 19.1 Å². The Hall–Kier alpha value is -3.96. The number of hydrogen-bond donors (Lipinski definition) is 3. The highest BCUT2D eigenvalue weighted by Gasteiger charge is 2.36. The van der Waals surface area contributed by atoms with E-state index < -0.39 is 23.8 Å². The van der Waals surface area contributed by atoms with E-state index in [1.54, 1.807) is 36.4 Å². The molecule has 3 rings (SSSR count). The van der Waals surface area contributed by atoms with Crippen LogP contribution in [-0.2, 0) is 9.53 Å². The molecular formula is C24H27N5O5S. The number of carbonyl (C=O) groups is 3. The molecule has 2 aromatic carbocycles. The van der Waals surface area contributed by atoms with Gasteiger partial charge in [0.25, 0.3) is 11.8 Å². The molecule has 184 valence electrons. The Morgan fingerprint density at radius 1 is 1.09 bits per heavy atom. The van der Waals surface area contributed by atoms with Crippen molar-refractivity contribution >= 4 is 40.6 Å². The van der Waals surface area contributed by atoms with Crippen molar-refractivity contribution < 1.29 is 23.9 Å². The van der Waals surface area contributed by atoms with Crippen LogP contribution in [0.4, 0.5) is 11.4 Å². The van der Waals surface area contributed by atoms with E-state index in [2.05, 4.69) is 9.69 Å². The Kier molecular flexibility index (Phi) is 8.39. The van der Waals surface area contributed by atoms with Crippen LogP contribution in [0.2, 0.25) is 0 Å². The molecule has 5 N–H and O–H groups in total. The normalized spacial score (nSPS) is 11.5. The maximum atomic E-state index is 13.9. The minimum Gasteiger partial charge on any atom is -0.497 e. The molecular weight excluding hydrogens is 470 g/mol. The molecule has 0 radical (unpaired) electrons. The lowest BCUT2D eigenvalue weighted by molar-refractivity contribution is -0.122. The third kappa shape index (κ3) is 5.76. The zero-order valence-corrected chi connectivity index (χ0v) is 20.4. The molecule has 0 saturated heterocycles. The van der Waals surface area contributed by atoms with E-state index in [1.165, 1.54) is 19.1 Å². The molecule has 1 atom stereocenters. The second-order valence-corrected chi connectivity index (χ2v) is 8.38. The van der Waals surface area contributed by atoms with E-state index >= 15 is 0 Å². The molecule has 0 saturated carbocycles. The number of nitrogens with two attached hydrogens (primary N) is 2. The largest absolute Gasteiger partial charge is 0.497 e. The van der Waals surface area contributed by atoms with Crippen LogP contribution in [-0.4, -0.2) is 49.5 Å². The molecule has 0 bridgehead atoms. The predicted octanol–water partition coefficient (Wildman–Crippen LogP) is 2.29. The van der Waals surface area contributed by atoms with Gasteiger partial charge in [0.1, 0.15) is 16.7 Å². The van der Waals surface area contributed by atoms with Gasteiger partial charge < -0.3 is 26.3 Å². The Balaban J connectivity index is 2.16. The van der Waals surface area contributed by atoms with Crippen LogP contribution >= 0.6 is 11.5 Å². The number of primary amides is 1. The van der Waals surface area contributed by atoms with Gasteiger partial charge in [-0.3, -0.25) is 19.3 Å². The van der Waals surface area contributed by atoms with Crippen molar-refractivity contribution in [3.8, 4) is 5.75 Å². The highest BCUT2D eigenvalue weighted by Crippen LogP contribution is 2.33. The summed E-state index contributed by atoms with van der Waals surface area (Å²) in [5, 5.41) is 2.81. The molecule has 0 aliphatic heterocycles. The van der Waals surface area contributed by atoms with Gasteiger partial charge in [0, 0.05) is 19.3 Å². The first-order chi connectivity index (χ1) is 16.8. The number of methoxy groups -OCH3 is 2. The van der Waals surface area contributed by atoms with Gasteiger partial charge in [-0.15, -0.1) is 0 Å². The Bertz CT molecular complexity index is 1190. The molecule has 0 spiro atoms. The fourth-order valence-corrected chi connectivity index (χ4v) is 4.15. The summed E-state index contributed by atoms with van der Waals surface area (Å²) in [6.45, 7) is 2.45. The molecule has 0 aliphatic rings. The van der Waals surface area contributed by atoms with Gasteiger partial charge >= 0.3 is 0 Å². The number of amides is 3. The summed E-state index contributed by atoms with van der Waals surface area (Å²) in [4.78, 5) is 40.4. The molecule has 35 heavy (non-hydrogen) atoms. The maximum absolute atomic E-state index is 13.9. The number of nitrogens with zero attached hydrogens (tertiary/aromatic N) is 2. The topological polar surface area (TPSA) is 150 Å². The molecule has 10 nitrogen and oxygen atoms in total. The van der Waals surface area contributed by atoms with Gasteiger partial charge in [-0.2, -0.15) is 4.37 Å². The van der Waals surface area contributed by atoms with Crippen molar-refractivity contribution in [2.45, 2.75) is 13.0 Å². The third-order valence-corrected chi connectivity index (χ3v) is 6.08. The summed E-state index contributed by atoms with van der Waals surface area (Å²) in [5.41, 5.74) is 13.0. The van der Waals surface area contributed by atoms with Crippen molar-refractivity contribution in [1.82, 2.24) is 9.69 Å². The van der Waals surface area contributed by atoms with Crippen LogP contribution in [0.3, 0.4) is 0 Å². The molecule has 1 unspecified atom stereocenters. The quantitative estimate of drug-likeness (QED) is 0.364. The van der Waals surface area contributed by atoms with Crippen molar-refractivity contribution in [2.75, 3.05) is 38.0 Å². The fourth-order valence-electron chi connectivity index (χ4n) is 3.40. The Morgan fingerprint density at radius 3 is 2.29 bits per heavy atom. The van der Waals surface area contributed by atoms with Gasteiger partial charge in [0.05, 0.1) is 19.4 Å². The lowest BCUT2D eigenvalue weighted by Crippen LogP contribution is -2.44.